The number of primary amides is 1. The largest absolute Gasteiger partial charge is 0.366 e. The fraction of sp³-hybridized carbons (Fsp3) is 0.111. The predicted octanol–water partition coefficient (Wildman–Crippen LogP) is 2.48. The molecule has 0 unspecified atom stereocenters. The van der Waals surface area contributed by atoms with Gasteiger partial charge in [0.25, 0.3) is 11.6 Å². The van der Waals surface area contributed by atoms with Crippen LogP contribution in [-0.2, 0) is 4.79 Å². The zero-order chi connectivity index (χ0) is 21.6. The van der Waals surface area contributed by atoms with E-state index >= 15 is 0 Å². The van der Waals surface area contributed by atoms with Gasteiger partial charge in [-0.05, 0) is 37.3 Å². The summed E-state index contributed by atoms with van der Waals surface area (Å²) in [6.45, 7) is 1.54. The number of halogens is 1. The van der Waals surface area contributed by atoms with Crippen LogP contribution >= 0.6 is 11.6 Å². The van der Waals surface area contributed by atoms with Gasteiger partial charge in [-0.3, -0.25) is 24.5 Å². The smallest absolute Gasteiger partial charge is 0.272 e. The van der Waals surface area contributed by atoms with Crippen LogP contribution in [0.4, 0.5) is 11.4 Å². The van der Waals surface area contributed by atoms with Gasteiger partial charge in [0.15, 0.2) is 0 Å². The van der Waals surface area contributed by atoms with Crippen LogP contribution in [0.2, 0.25) is 5.02 Å². The van der Waals surface area contributed by atoms with Gasteiger partial charge in [0, 0.05) is 29.1 Å². The number of nitrogens with two attached hydrogens (primary N) is 1. The SMILES string of the molecule is C/C(CC(=O)Nc1ccc(C(N)=O)cc1)=N\NC(=O)c1ccc([N+](=O)[O-])cc1Cl. The molecule has 0 radical (unpaired) electrons. The number of nitro benzene ring substituents is 1. The number of anilines is 1. The molecule has 0 aliphatic carbocycles. The summed E-state index contributed by atoms with van der Waals surface area (Å²) >= 11 is 5.88. The summed E-state index contributed by atoms with van der Waals surface area (Å²) in [5.74, 6) is -1.64. The average Bonchev–Trinajstić information content (AvgIpc) is 2.66. The summed E-state index contributed by atoms with van der Waals surface area (Å²) in [6, 6.07) is 9.44. The van der Waals surface area contributed by atoms with Crippen LogP contribution in [0.3, 0.4) is 0 Å². The van der Waals surface area contributed by atoms with Gasteiger partial charge in [-0.2, -0.15) is 5.10 Å². The molecule has 2 aromatic rings. The molecule has 11 heteroatoms. The van der Waals surface area contributed by atoms with Crippen LogP contribution in [0.15, 0.2) is 47.6 Å². The number of hydrogen-bond acceptors (Lipinski definition) is 6. The van der Waals surface area contributed by atoms with Crippen molar-refractivity contribution in [2.45, 2.75) is 13.3 Å². The lowest BCUT2D eigenvalue weighted by molar-refractivity contribution is -0.384. The van der Waals surface area contributed by atoms with Crippen molar-refractivity contribution >= 4 is 46.4 Å². The molecule has 0 fully saturated rings. The maximum Gasteiger partial charge on any atom is 0.272 e. The Morgan fingerprint density at radius 1 is 1.17 bits per heavy atom. The molecule has 2 rings (SSSR count). The topological polar surface area (TPSA) is 157 Å². The van der Waals surface area contributed by atoms with E-state index in [2.05, 4.69) is 15.8 Å². The number of benzene rings is 2. The quantitative estimate of drug-likeness (QED) is 0.358. The molecule has 0 bridgehead atoms. The zero-order valence-electron chi connectivity index (χ0n) is 15.1. The number of nitrogens with one attached hydrogen (secondary N) is 2. The molecular formula is C18H16ClN5O5. The molecule has 0 aliphatic rings. The van der Waals surface area contributed by atoms with E-state index in [1.165, 1.54) is 37.3 Å². The first kappa shape index (κ1) is 21.5. The molecule has 10 nitrogen and oxygen atoms in total. The Morgan fingerprint density at radius 3 is 2.38 bits per heavy atom. The maximum atomic E-state index is 12.1. The summed E-state index contributed by atoms with van der Waals surface area (Å²) in [4.78, 5) is 45.2. The number of amides is 3. The average molecular weight is 418 g/mol. The second kappa shape index (κ2) is 9.42. The van der Waals surface area contributed by atoms with Crippen molar-refractivity contribution in [2.75, 3.05) is 5.32 Å². The van der Waals surface area contributed by atoms with Crippen molar-refractivity contribution in [3.05, 3.63) is 68.7 Å². The van der Waals surface area contributed by atoms with Crippen molar-refractivity contribution < 1.29 is 19.3 Å². The first-order valence-electron chi connectivity index (χ1n) is 8.14. The number of hydrazone groups is 1. The van der Waals surface area contributed by atoms with Crippen LogP contribution in [-0.4, -0.2) is 28.4 Å². The van der Waals surface area contributed by atoms with Crippen LogP contribution in [0.1, 0.15) is 34.1 Å². The highest BCUT2D eigenvalue weighted by molar-refractivity contribution is 6.34. The van der Waals surface area contributed by atoms with Gasteiger partial charge < -0.3 is 11.1 Å². The summed E-state index contributed by atoms with van der Waals surface area (Å²) < 4.78 is 0. The first-order valence-corrected chi connectivity index (χ1v) is 8.52. The molecule has 0 aromatic heterocycles. The fourth-order valence-electron chi connectivity index (χ4n) is 2.20. The van der Waals surface area contributed by atoms with E-state index in [1.54, 1.807) is 0 Å². The third kappa shape index (κ3) is 6.11. The number of hydrogen-bond donors (Lipinski definition) is 3. The second-order valence-electron chi connectivity index (χ2n) is 5.88. The normalized spacial score (nSPS) is 10.9. The Balaban J connectivity index is 1.93. The minimum atomic E-state index is -0.674. The molecule has 0 spiro atoms. The molecule has 150 valence electrons. The highest BCUT2D eigenvalue weighted by atomic mass is 35.5. The van der Waals surface area contributed by atoms with Gasteiger partial charge in [0.1, 0.15) is 0 Å². The minimum absolute atomic E-state index is 0.00723. The molecule has 0 heterocycles. The third-order valence-electron chi connectivity index (χ3n) is 3.63. The monoisotopic (exact) mass is 417 g/mol. The zero-order valence-corrected chi connectivity index (χ0v) is 15.9. The van der Waals surface area contributed by atoms with Crippen LogP contribution in [0.25, 0.3) is 0 Å². The molecule has 29 heavy (non-hydrogen) atoms. The third-order valence-corrected chi connectivity index (χ3v) is 3.94. The highest BCUT2D eigenvalue weighted by Crippen LogP contribution is 2.22. The van der Waals surface area contributed by atoms with Crippen LogP contribution < -0.4 is 16.5 Å². The number of carbonyl (C=O) groups is 3. The van der Waals surface area contributed by atoms with Crippen molar-refractivity contribution in [1.29, 1.82) is 0 Å². The number of nitrogens with zero attached hydrogens (tertiary/aromatic N) is 2. The molecule has 3 amide bonds. The van der Waals surface area contributed by atoms with Gasteiger partial charge in [-0.1, -0.05) is 11.6 Å². The molecule has 4 N–H and O–H groups in total. The Hall–Kier alpha value is -3.79. The van der Waals surface area contributed by atoms with Crippen molar-refractivity contribution in [1.82, 2.24) is 5.43 Å². The summed E-state index contributed by atoms with van der Waals surface area (Å²) in [5.41, 5.74) is 8.24. The van der Waals surface area contributed by atoms with E-state index in [4.69, 9.17) is 17.3 Å². The Morgan fingerprint density at radius 2 is 1.83 bits per heavy atom. The Kier molecular flexibility index (Phi) is 6.99. The lowest BCUT2D eigenvalue weighted by Crippen LogP contribution is -2.22. The van der Waals surface area contributed by atoms with E-state index in [9.17, 15) is 24.5 Å². The molecule has 2 aromatic carbocycles. The predicted molar refractivity (Wildman–Crippen MR) is 107 cm³/mol. The summed E-state index contributed by atoms with van der Waals surface area (Å²) in [6.07, 6.45) is -0.105. The van der Waals surface area contributed by atoms with Gasteiger partial charge in [0.05, 0.1) is 21.9 Å². The van der Waals surface area contributed by atoms with E-state index in [0.717, 1.165) is 12.1 Å². The summed E-state index contributed by atoms with van der Waals surface area (Å²) in [5, 5.41) is 17.0. The van der Waals surface area contributed by atoms with Gasteiger partial charge in [-0.25, -0.2) is 5.43 Å². The lowest BCUT2D eigenvalue weighted by atomic mass is 10.2. The molecule has 0 saturated heterocycles. The lowest BCUT2D eigenvalue weighted by Gasteiger charge is -2.06. The van der Waals surface area contributed by atoms with E-state index < -0.39 is 16.7 Å². The number of nitro groups is 1. The Labute approximate surface area is 169 Å². The molecular weight excluding hydrogens is 402 g/mol. The number of rotatable bonds is 7. The van der Waals surface area contributed by atoms with Crippen molar-refractivity contribution in [2.24, 2.45) is 10.8 Å². The molecule has 0 saturated carbocycles. The van der Waals surface area contributed by atoms with E-state index in [0.29, 0.717) is 17.0 Å². The fourth-order valence-corrected chi connectivity index (χ4v) is 2.46. The second-order valence-corrected chi connectivity index (χ2v) is 6.28. The van der Waals surface area contributed by atoms with Gasteiger partial charge >= 0.3 is 0 Å². The minimum Gasteiger partial charge on any atom is -0.366 e. The van der Waals surface area contributed by atoms with Gasteiger partial charge in [0.2, 0.25) is 11.8 Å². The Bertz CT molecular complexity index is 1000. The standard InChI is InChI=1S/C18H16ClN5O5/c1-10(8-16(25)21-12-4-2-11(3-5-12)17(20)26)22-23-18(27)14-7-6-13(24(28)29)9-15(14)19/h2-7,9H,8H2,1H3,(H2,20,26)(H,21,25)(H,23,27)/b22-10+. The summed E-state index contributed by atoms with van der Waals surface area (Å²) in [7, 11) is 0. The number of carbonyl (C=O) groups excluding carboxylic acids is 3. The van der Waals surface area contributed by atoms with Crippen LogP contribution in [0, 0.1) is 10.1 Å². The van der Waals surface area contributed by atoms with E-state index in [1.807, 2.05) is 0 Å². The molecule has 0 atom stereocenters. The highest BCUT2D eigenvalue weighted by Gasteiger charge is 2.15. The maximum absolute atomic E-state index is 12.1. The van der Waals surface area contributed by atoms with Gasteiger partial charge in [-0.15, -0.1) is 0 Å². The van der Waals surface area contributed by atoms with E-state index in [-0.39, 0.29) is 28.6 Å². The van der Waals surface area contributed by atoms with Crippen LogP contribution in [0.5, 0.6) is 0 Å². The van der Waals surface area contributed by atoms with Crippen molar-refractivity contribution in [3.63, 3.8) is 0 Å². The number of non-ortho nitro benzene ring substituents is 1. The first-order chi connectivity index (χ1) is 13.7. The molecule has 0 aliphatic heterocycles. The van der Waals surface area contributed by atoms with Crippen molar-refractivity contribution in [3.8, 4) is 0 Å².